The molecule has 150 valence electrons. The summed E-state index contributed by atoms with van der Waals surface area (Å²) in [4.78, 5) is 32.7. The molecule has 0 unspecified atom stereocenters. The van der Waals surface area contributed by atoms with E-state index in [-0.39, 0.29) is 17.9 Å². The van der Waals surface area contributed by atoms with Crippen LogP contribution in [0.15, 0.2) is 59.4 Å². The number of carbonyl (C=O) groups is 1. The van der Waals surface area contributed by atoms with Gasteiger partial charge in [-0.3, -0.25) is 19.1 Å². The van der Waals surface area contributed by atoms with Gasteiger partial charge < -0.3 is 9.88 Å². The molecule has 6 nitrogen and oxygen atoms in total. The number of amides is 1. The number of H-pyrrole nitrogens is 1. The first-order valence-electron chi connectivity index (χ1n) is 9.88. The summed E-state index contributed by atoms with van der Waals surface area (Å²) in [6.07, 6.45) is 0.272. The second-order valence-electron chi connectivity index (χ2n) is 7.33. The quantitative estimate of drug-likeness (QED) is 0.660. The van der Waals surface area contributed by atoms with E-state index in [1.165, 1.54) is 10.1 Å². The molecule has 0 bridgehead atoms. The number of fused-ring (bicyclic) bond motifs is 1. The van der Waals surface area contributed by atoms with Crippen LogP contribution in [0.5, 0.6) is 0 Å². The molecule has 1 aliphatic heterocycles. The number of nitrogens with zero attached hydrogens (tertiary/aromatic N) is 3. The lowest BCUT2D eigenvalue weighted by Gasteiger charge is -2.34. The van der Waals surface area contributed by atoms with Gasteiger partial charge in [-0.2, -0.15) is 0 Å². The highest BCUT2D eigenvalue weighted by Crippen LogP contribution is 2.10. The van der Waals surface area contributed by atoms with Gasteiger partial charge in [0.2, 0.25) is 5.91 Å². The summed E-state index contributed by atoms with van der Waals surface area (Å²) in [5.74, 6) is 0.0684. The number of para-hydroxylation sites is 1. The van der Waals surface area contributed by atoms with Crippen molar-refractivity contribution >= 4 is 29.0 Å². The molecule has 1 saturated heterocycles. The minimum Gasteiger partial charge on any atom is -0.340 e. The van der Waals surface area contributed by atoms with E-state index in [0.717, 1.165) is 25.2 Å². The number of rotatable bonds is 5. The van der Waals surface area contributed by atoms with Crippen LogP contribution in [-0.2, 0) is 17.9 Å². The molecule has 0 aliphatic carbocycles. The Morgan fingerprint density at radius 3 is 2.41 bits per heavy atom. The highest BCUT2D eigenvalue weighted by atomic mass is 32.1. The van der Waals surface area contributed by atoms with Crippen LogP contribution in [0.4, 0.5) is 0 Å². The first-order chi connectivity index (χ1) is 14.1. The number of aromatic nitrogens is 2. The van der Waals surface area contributed by atoms with Crippen LogP contribution in [0.3, 0.4) is 0 Å². The van der Waals surface area contributed by atoms with Gasteiger partial charge >= 0.3 is 0 Å². The highest BCUT2D eigenvalue weighted by Gasteiger charge is 2.21. The largest absolute Gasteiger partial charge is 0.340 e. The summed E-state index contributed by atoms with van der Waals surface area (Å²) in [5, 5.41) is 0.586. The Morgan fingerprint density at radius 1 is 0.966 bits per heavy atom. The fourth-order valence-corrected chi connectivity index (χ4v) is 4.05. The molecule has 4 rings (SSSR count). The van der Waals surface area contributed by atoms with Crippen molar-refractivity contribution in [2.24, 2.45) is 0 Å². The molecular formula is C22H24N4O2S. The van der Waals surface area contributed by atoms with E-state index in [9.17, 15) is 9.59 Å². The average molecular weight is 409 g/mol. The van der Waals surface area contributed by atoms with Gasteiger partial charge in [0.25, 0.3) is 5.56 Å². The monoisotopic (exact) mass is 408 g/mol. The van der Waals surface area contributed by atoms with Crippen molar-refractivity contribution in [1.82, 2.24) is 19.4 Å². The Hall–Kier alpha value is -2.77. The van der Waals surface area contributed by atoms with Gasteiger partial charge in [-0.1, -0.05) is 42.5 Å². The van der Waals surface area contributed by atoms with Crippen molar-refractivity contribution in [2.75, 3.05) is 26.2 Å². The maximum absolute atomic E-state index is 12.7. The molecule has 3 aromatic rings. The third-order valence-electron chi connectivity index (χ3n) is 5.41. The van der Waals surface area contributed by atoms with Crippen LogP contribution in [0, 0.1) is 4.77 Å². The maximum Gasteiger partial charge on any atom is 0.262 e. The molecule has 0 saturated carbocycles. The van der Waals surface area contributed by atoms with Crippen molar-refractivity contribution in [3.8, 4) is 0 Å². The molecule has 0 spiro atoms. The Labute approximate surface area is 174 Å². The van der Waals surface area contributed by atoms with Crippen LogP contribution in [-0.4, -0.2) is 51.4 Å². The van der Waals surface area contributed by atoms with Crippen molar-refractivity contribution in [1.29, 1.82) is 0 Å². The molecule has 1 aliphatic rings. The number of piperazine rings is 1. The van der Waals surface area contributed by atoms with Crippen molar-refractivity contribution in [2.45, 2.75) is 19.5 Å². The van der Waals surface area contributed by atoms with Crippen LogP contribution >= 0.6 is 12.2 Å². The summed E-state index contributed by atoms with van der Waals surface area (Å²) >= 11 is 5.33. The fraction of sp³-hybridized carbons (Fsp3) is 0.318. The van der Waals surface area contributed by atoms with Gasteiger partial charge in [0.15, 0.2) is 4.77 Å². The molecule has 1 fully saturated rings. The molecule has 0 radical (unpaired) electrons. The minimum atomic E-state index is -0.148. The number of hydrogen-bond acceptors (Lipinski definition) is 4. The van der Waals surface area contributed by atoms with E-state index in [2.05, 4.69) is 34.1 Å². The average Bonchev–Trinajstić information content (AvgIpc) is 2.75. The predicted octanol–water partition coefficient (Wildman–Crippen LogP) is 2.79. The van der Waals surface area contributed by atoms with Gasteiger partial charge in [0, 0.05) is 45.7 Å². The Morgan fingerprint density at radius 2 is 1.66 bits per heavy atom. The van der Waals surface area contributed by atoms with E-state index in [1.54, 1.807) is 6.07 Å². The van der Waals surface area contributed by atoms with E-state index < -0.39 is 0 Å². The SMILES string of the molecule is O=C(CCn1c(=S)[nH]c2ccccc2c1=O)N1CCN(Cc2ccccc2)CC1. The topological polar surface area (TPSA) is 61.3 Å². The Bertz CT molecular complexity index is 1110. The minimum absolute atomic E-state index is 0.0684. The molecular weight excluding hydrogens is 384 g/mol. The van der Waals surface area contributed by atoms with Crippen LogP contribution in [0.2, 0.25) is 0 Å². The molecule has 1 aromatic heterocycles. The van der Waals surface area contributed by atoms with Crippen molar-refractivity contribution in [3.63, 3.8) is 0 Å². The summed E-state index contributed by atoms with van der Waals surface area (Å²) in [6.45, 7) is 4.34. The van der Waals surface area contributed by atoms with Gasteiger partial charge in [0.1, 0.15) is 0 Å². The summed E-state index contributed by atoms with van der Waals surface area (Å²) in [6, 6.07) is 17.7. The lowest BCUT2D eigenvalue weighted by Crippen LogP contribution is -2.48. The first-order valence-corrected chi connectivity index (χ1v) is 10.3. The van der Waals surface area contributed by atoms with E-state index in [0.29, 0.717) is 29.8 Å². The fourth-order valence-electron chi connectivity index (χ4n) is 3.76. The van der Waals surface area contributed by atoms with Crippen LogP contribution < -0.4 is 5.56 Å². The highest BCUT2D eigenvalue weighted by molar-refractivity contribution is 7.71. The Kier molecular flexibility index (Phi) is 5.87. The molecule has 2 aromatic carbocycles. The number of hydrogen-bond donors (Lipinski definition) is 1. The predicted molar refractivity (Wildman–Crippen MR) is 116 cm³/mol. The second-order valence-corrected chi connectivity index (χ2v) is 7.71. The summed E-state index contributed by atoms with van der Waals surface area (Å²) < 4.78 is 1.84. The summed E-state index contributed by atoms with van der Waals surface area (Å²) in [7, 11) is 0. The molecule has 1 amide bonds. The molecule has 2 heterocycles. The van der Waals surface area contributed by atoms with Crippen molar-refractivity contribution < 1.29 is 4.79 Å². The third-order valence-corrected chi connectivity index (χ3v) is 5.74. The summed E-state index contributed by atoms with van der Waals surface area (Å²) in [5.41, 5.74) is 1.86. The van der Waals surface area contributed by atoms with Gasteiger partial charge in [-0.05, 0) is 29.9 Å². The number of aromatic amines is 1. The Balaban J connectivity index is 1.35. The van der Waals surface area contributed by atoms with Crippen molar-refractivity contribution in [3.05, 3.63) is 75.3 Å². The first kappa shape index (κ1) is 19.5. The standard InChI is InChI=1S/C22H24N4O2S/c27-20(25-14-12-24(13-15-25)16-17-6-2-1-3-7-17)10-11-26-21(28)18-8-4-5-9-19(18)23-22(26)29/h1-9H,10-16H2,(H,23,29). The van der Waals surface area contributed by atoms with Gasteiger partial charge in [0.05, 0.1) is 10.9 Å². The zero-order valence-corrected chi connectivity index (χ0v) is 17.0. The third kappa shape index (κ3) is 4.46. The lowest BCUT2D eigenvalue weighted by atomic mass is 10.2. The molecule has 1 N–H and O–H groups in total. The van der Waals surface area contributed by atoms with Crippen LogP contribution in [0.1, 0.15) is 12.0 Å². The van der Waals surface area contributed by atoms with Gasteiger partial charge in [-0.25, -0.2) is 0 Å². The number of nitrogens with one attached hydrogen (secondary N) is 1. The zero-order valence-electron chi connectivity index (χ0n) is 16.2. The van der Waals surface area contributed by atoms with Gasteiger partial charge in [-0.15, -0.1) is 0 Å². The maximum atomic E-state index is 12.7. The second kappa shape index (κ2) is 8.71. The van der Waals surface area contributed by atoms with E-state index >= 15 is 0 Å². The lowest BCUT2D eigenvalue weighted by molar-refractivity contribution is -0.133. The van der Waals surface area contributed by atoms with E-state index in [1.807, 2.05) is 29.2 Å². The normalized spacial score (nSPS) is 15.0. The smallest absolute Gasteiger partial charge is 0.262 e. The molecule has 29 heavy (non-hydrogen) atoms. The number of benzene rings is 2. The van der Waals surface area contributed by atoms with E-state index in [4.69, 9.17) is 12.2 Å². The molecule has 0 atom stereocenters. The zero-order chi connectivity index (χ0) is 20.2. The van der Waals surface area contributed by atoms with Crippen LogP contribution in [0.25, 0.3) is 10.9 Å². The number of carbonyl (C=O) groups excluding carboxylic acids is 1. The molecule has 7 heteroatoms.